The van der Waals surface area contributed by atoms with Crippen molar-refractivity contribution < 1.29 is 9.59 Å². The molecule has 0 aliphatic heterocycles. The van der Waals surface area contributed by atoms with E-state index in [2.05, 4.69) is 20.5 Å². The van der Waals surface area contributed by atoms with E-state index in [0.29, 0.717) is 27.4 Å². The average molecular weight is 474 g/mol. The van der Waals surface area contributed by atoms with Gasteiger partial charge in [-0.25, -0.2) is 4.98 Å². The molecule has 0 radical (unpaired) electrons. The number of hydrogen-bond acceptors (Lipinski definition) is 8. The summed E-state index contributed by atoms with van der Waals surface area (Å²) < 4.78 is 1.99. The smallest absolute Gasteiger partial charge is 0.265 e. The van der Waals surface area contributed by atoms with Crippen molar-refractivity contribution in [2.75, 3.05) is 44.2 Å². The lowest BCUT2D eigenvalue weighted by Crippen LogP contribution is -2.21. The van der Waals surface area contributed by atoms with Gasteiger partial charge < -0.3 is 19.7 Å². The fourth-order valence-electron chi connectivity index (χ4n) is 2.94. The Morgan fingerprint density at radius 2 is 1.81 bits per heavy atom. The second kappa shape index (κ2) is 10.1. The highest BCUT2D eigenvalue weighted by Gasteiger charge is 2.19. The molecule has 9 nitrogen and oxygen atoms in total. The minimum Gasteiger partial charge on any atom is -0.378 e. The molecule has 3 aromatic rings. The third kappa shape index (κ3) is 5.28. The first kappa shape index (κ1) is 23.7. The molecule has 2 heterocycles. The first-order chi connectivity index (χ1) is 15.2. The summed E-state index contributed by atoms with van der Waals surface area (Å²) in [5.41, 5.74) is 2.68. The van der Waals surface area contributed by atoms with Gasteiger partial charge in [0.05, 0.1) is 11.4 Å². The summed E-state index contributed by atoms with van der Waals surface area (Å²) in [6.45, 7) is 4.46. The van der Waals surface area contributed by atoms with Gasteiger partial charge in [-0.3, -0.25) is 9.59 Å². The number of thiazole rings is 1. The number of rotatable bonds is 8. The van der Waals surface area contributed by atoms with Crippen molar-refractivity contribution in [2.45, 2.75) is 25.5 Å². The molecule has 11 heteroatoms. The van der Waals surface area contributed by atoms with E-state index in [1.807, 2.05) is 54.8 Å². The van der Waals surface area contributed by atoms with Crippen molar-refractivity contribution in [3.63, 3.8) is 0 Å². The Hall–Kier alpha value is -2.92. The topological polar surface area (TPSA) is 96.2 Å². The van der Waals surface area contributed by atoms with E-state index in [-0.39, 0.29) is 17.6 Å². The number of thioether (sulfide) groups is 1. The molecule has 0 aliphatic rings. The lowest BCUT2D eigenvalue weighted by Gasteiger charge is -2.13. The normalized spacial score (nSPS) is 10.8. The number of anilines is 2. The standard InChI is InChI=1S/C21H27N7O2S2/c1-7-28-18(14-8-10-15(11-9-14)26(3)4)24-25-21(28)31-12-16(29)23-20-22-13(2)17(32-20)19(30)27(5)6/h8-11H,7,12H2,1-6H3,(H,22,23,29). The van der Waals surface area contributed by atoms with Crippen LogP contribution in [0.4, 0.5) is 10.8 Å². The maximum atomic E-state index is 12.5. The van der Waals surface area contributed by atoms with Crippen molar-refractivity contribution >= 4 is 45.7 Å². The molecule has 170 valence electrons. The zero-order chi connectivity index (χ0) is 23.4. The molecule has 3 rings (SSSR count). The third-order valence-electron chi connectivity index (χ3n) is 4.65. The molecule has 2 amide bonds. The van der Waals surface area contributed by atoms with Gasteiger partial charge in [0.1, 0.15) is 4.88 Å². The highest BCUT2D eigenvalue weighted by molar-refractivity contribution is 7.99. The maximum Gasteiger partial charge on any atom is 0.265 e. The van der Waals surface area contributed by atoms with E-state index >= 15 is 0 Å². The van der Waals surface area contributed by atoms with Crippen LogP contribution in [0.2, 0.25) is 0 Å². The number of hydrogen-bond donors (Lipinski definition) is 1. The van der Waals surface area contributed by atoms with Crippen molar-refractivity contribution in [2.24, 2.45) is 0 Å². The van der Waals surface area contributed by atoms with Gasteiger partial charge in [-0.15, -0.1) is 10.2 Å². The number of carbonyl (C=O) groups is 2. The van der Waals surface area contributed by atoms with Gasteiger partial charge in [-0.2, -0.15) is 0 Å². The van der Waals surface area contributed by atoms with E-state index in [1.165, 1.54) is 28.0 Å². The Morgan fingerprint density at radius 1 is 1.12 bits per heavy atom. The molecule has 0 atom stereocenters. The van der Waals surface area contributed by atoms with E-state index in [9.17, 15) is 9.59 Å². The van der Waals surface area contributed by atoms with Gasteiger partial charge >= 0.3 is 0 Å². The molecule has 0 spiro atoms. The number of aryl methyl sites for hydroxylation is 1. The van der Waals surface area contributed by atoms with E-state index in [4.69, 9.17) is 0 Å². The van der Waals surface area contributed by atoms with Gasteiger partial charge in [-0.05, 0) is 38.1 Å². The van der Waals surface area contributed by atoms with Gasteiger partial charge in [0.25, 0.3) is 5.91 Å². The Bertz CT molecular complexity index is 1100. The first-order valence-corrected chi connectivity index (χ1v) is 11.8. The molecule has 0 aliphatic carbocycles. The Morgan fingerprint density at radius 3 is 2.41 bits per heavy atom. The lowest BCUT2D eigenvalue weighted by molar-refractivity contribution is -0.113. The van der Waals surface area contributed by atoms with Crippen LogP contribution in [0.1, 0.15) is 22.3 Å². The van der Waals surface area contributed by atoms with Crippen LogP contribution in [0.3, 0.4) is 0 Å². The van der Waals surface area contributed by atoms with Crippen molar-refractivity contribution in [1.29, 1.82) is 0 Å². The molecule has 0 saturated heterocycles. The lowest BCUT2D eigenvalue weighted by atomic mass is 10.2. The Kier molecular flexibility index (Phi) is 7.52. The molecule has 0 fully saturated rings. The highest BCUT2D eigenvalue weighted by Crippen LogP contribution is 2.27. The van der Waals surface area contributed by atoms with Gasteiger partial charge in [0.2, 0.25) is 5.91 Å². The summed E-state index contributed by atoms with van der Waals surface area (Å²) in [7, 11) is 7.37. The quantitative estimate of drug-likeness (QED) is 0.502. The SMILES string of the molecule is CCn1c(SCC(=O)Nc2nc(C)c(C(=O)N(C)C)s2)nnc1-c1ccc(N(C)C)cc1. The van der Waals surface area contributed by atoms with Gasteiger partial charge in [0, 0.05) is 46.0 Å². The molecule has 0 saturated carbocycles. The van der Waals surface area contributed by atoms with Crippen molar-refractivity contribution in [3.8, 4) is 11.4 Å². The molecule has 0 bridgehead atoms. The van der Waals surface area contributed by atoms with Gasteiger partial charge in [-0.1, -0.05) is 23.1 Å². The van der Waals surface area contributed by atoms with Crippen LogP contribution in [0, 0.1) is 6.92 Å². The van der Waals surface area contributed by atoms with Crippen LogP contribution < -0.4 is 10.2 Å². The summed E-state index contributed by atoms with van der Waals surface area (Å²) in [5.74, 6) is 0.586. The first-order valence-electron chi connectivity index (χ1n) is 10.0. The second-order valence-electron chi connectivity index (χ2n) is 7.46. The highest BCUT2D eigenvalue weighted by atomic mass is 32.2. The fraction of sp³-hybridized carbons (Fsp3) is 0.381. The monoisotopic (exact) mass is 473 g/mol. The molecule has 1 N–H and O–H groups in total. The van der Waals surface area contributed by atoms with Crippen LogP contribution in [0.15, 0.2) is 29.4 Å². The Balaban J connectivity index is 1.66. The minimum absolute atomic E-state index is 0.128. The molecule has 2 aromatic heterocycles. The van der Waals surface area contributed by atoms with Crippen LogP contribution in [0.5, 0.6) is 0 Å². The molecule has 32 heavy (non-hydrogen) atoms. The zero-order valence-corrected chi connectivity index (χ0v) is 20.7. The van der Waals surface area contributed by atoms with E-state index in [0.717, 1.165) is 17.1 Å². The van der Waals surface area contributed by atoms with Crippen LogP contribution in [-0.4, -0.2) is 70.4 Å². The average Bonchev–Trinajstić information content (AvgIpc) is 3.34. The summed E-state index contributed by atoms with van der Waals surface area (Å²) in [6, 6.07) is 8.11. The fourth-order valence-corrected chi connectivity index (χ4v) is 4.75. The molecule has 0 unspecified atom stereocenters. The number of nitrogens with one attached hydrogen (secondary N) is 1. The number of amides is 2. The summed E-state index contributed by atoms with van der Waals surface area (Å²) >= 11 is 2.49. The molecular weight excluding hydrogens is 446 g/mol. The summed E-state index contributed by atoms with van der Waals surface area (Å²) in [5, 5.41) is 12.5. The molecule has 1 aromatic carbocycles. The summed E-state index contributed by atoms with van der Waals surface area (Å²) in [6.07, 6.45) is 0. The number of benzene rings is 1. The van der Waals surface area contributed by atoms with Crippen LogP contribution >= 0.6 is 23.1 Å². The van der Waals surface area contributed by atoms with Crippen molar-refractivity contribution in [3.05, 3.63) is 34.8 Å². The second-order valence-corrected chi connectivity index (χ2v) is 9.40. The number of carbonyl (C=O) groups excluding carboxylic acids is 2. The third-order valence-corrected chi connectivity index (χ3v) is 6.68. The zero-order valence-electron chi connectivity index (χ0n) is 19.0. The van der Waals surface area contributed by atoms with E-state index in [1.54, 1.807) is 21.0 Å². The predicted molar refractivity (Wildman–Crippen MR) is 130 cm³/mol. The Labute approximate surface area is 195 Å². The van der Waals surface area contributed by atoms with Crippen LogP contribution in [0.25, 0.3) is 11.4 Å². The molecular formula is C21H27N7O2S2. The number of aromatic nitrogens is 4. The van der Waals surface area contributed by atoms with Crippen LogP contribution in [-0.2, 0) is 11.3 Å². The predicted octanol–water partition coefficient (Wildman–Crippen LogP) is 3.23. The number of nitrogens with zero attached hydrogens (tertiary/aromatic N) is 6. The van der Waals surface area contributed by atoms with Crippen molar-refractivity contribution in [1.82, 2.24) is 24.6 Å². The van der Waals surface area contributed by atoms with E-state index < -0.39 is 0 Å². The maximum absolute atomic E-state index is 12.5. The van der Waals surface area contributed by atoms with Gasteiger partial charge in [0.15, 0.2) is 16.1 Å². The summed E-state index contributed by atoms with van der Waals surface area (Å²) in [4.78, 5) is 33.0. The largest absolute Gasteiger partial charge is 0.378 e. The minimum atomic E-state index is -0.213.